The highest BCUT2D eigenvalue weighted by molar-refractivity contribution is 5.60. The molecule has 0 bridgehead atoms. The lowest BCUT2D eigenvalue weighted by Crippen LogP contribution is -2.29. The maximum absolute atomic E-state index is 13.1. The monoisotopic (exact) mass is 392 g/mol. The lowest BCUT2D eigenvalue weighted by atomic mass is 9.97. The van der Waals surface area contributed by atoms with Gasteiger partial charge in [0, 0.05) is 30.8 Å². The molecule has 2 aliphatic heterocycles. The molecule has 7 heteroatoms. The molecule has 1 aromatic carbocycles. The van der Waals surface area contributed by atoms with Crippen molar-refractivity contribution in [1.82, 2.24) is 19.8 Å². The summed E-state index contributed by atoms with van der Waals surface area (Å²) in [5, 5.41) is 3.37. The zero-order valence-corrected chi connectivity index (χ0v) is 16.0. The van der Waals surface area contributed by atoms with Gasteiger partial charge in [0.1, 0.15) is 5.82 Å². The number of nitrogens with zero attached hydrogens (tertiary/aromatic N) is 3. The molecule has 2 fully saturated rings. The fourth-order valence-corrected chi connectivity index (χ4v) is 4.26. The third-order valence-corrected chi connectivity index (χ3v) is 5.85. The van der Waals surface area contributed by atoms with E-state index in [2.05, 4.69) is 14.8 Å². The highest BCUT2D eigenvalue weighted by Crippen LogP contribution is 2.33. The second-order valence-corrected chi connectivity index (χ2v) is 7.83. The number of aromatic nitrogens is 2. The van der Waals surface area contributed by atoms with Crippen molar-refractivity contribution in [3.63, 3.8) is 0 Å². The first-order chi connectivity index (χ1) is 13.5. The number of imidazole rings is 1. The van der Waals surface area contributed by atoms with E-state index < -0.39 is 11.7 Å². The molecule has 4 rings (SSSR count). The topological polar surface area (TPSA) is 33.1 Å². The Bertz CT molecular complexity index is 787. The molecule has 28 heavy (non-hydrogen) atoms. The Morgan fingerprint density at radius 2 is 1.82 bits per heavy atom. The van der Waals surface area contributed by atoms with Gasteiger partial charge in [-0.3, -0.25) is 0 Å². The zero-order chi connectivity index (χ0) is 19.6. The molecule has 0 radical (unpaired) electrons. The molecule has 1 N–H and O–H groups in total. The Balaban J connectivity index is 1.62. The van der Waals surface area contributed by atoms with Crippen LogP contribution in [0, 0.1) is 0 Å². The van der Waals surface area contributed by atoms with Gasteiger partial charge in [-0.15, -0.1) is 0 Å². The molecule has 2 aliphatic rings. The van der Waals surface area contributed by atoms with Crippen LogP contribution in [0.3, 0.4) is 0 Å². The molecular formula is C21H27F3N4. The van der Waals surface area contributed by atoms with Crippen molar-refractivity contribution in [1.29, 1.82) is 0 Å². The van der Waals surface area contributed by atoms with E-state index in [1.54, 1.807) is 6.07 Å². The van der Waals surface area contributed by atoms with E-state index in [4.69, 9.17) is 4.98 Å². The zero-order valence-electron chi connectivity index (χ0n) is 16.0. The van der Waals surface area contributed by atoms with E-state index in [9.17, 15) is 13.2 Å². The van der Waals surface area contributed by atoms with Gasteiger partial charge in [0.2, 0.25) is 0 Å². The van der Waals surface area contributed by atoms with Gasteiger partial charge in [-0.2, -0.15) is 13.2 Å². The Labute approximate surface area is 163 Å². The van der Waals surface area contributed by atoms with Gasteiger partial charge in [0.15, 0.2) is 0 Å². The minimum atomic E-state index is -4.34. The van der Waals surface area contributed by atoms with Gasteiger partial charge in [-0.25, -0.2) is 4.98 Å². The number of alkyl halides is 3. The number of benzene rings is 1. The highest BCUT2D eigenvalue weighted by Gasteiger charge is 2.31. The summed E-state index contributed by atoms with van der Waals surface area (Å²) in [6, 6.07) is 5.50. The van der Waals surface area contributed by atoms with E-state index in [1.165, 1.54) is 25.0 Å². The summed E-state index contributed by atoms with van der Waals surface area (Å²) in [6.07, 6.45) is 2.14. The van der Waals surface area contributed by atoms with Crippen molar-refractivity contribution in [3.8, 4) is 11.3 Å². The van der Waals surface area contributed by atoms with Crippen LogP contribution in [0.2, 0.25) is 0 Å². The van der Waals surface area contributed by atoms with Crippen LogP contribution in [0.1, 0.15) is 43.0 Å². The van der Waals surface area contributed by atoms with Crippen molar-refractivity contribution < 1.29 is 13.2 Å². The minimum absolute atomic E-state index is 0.361. The van der Waals surface area contributed by atoms with Crippen LogP contribution < -0.4 is 5.32 Å². The summed E-state index contributed by atoms with van der Waals surface area (Å²) in [6.45, 7) is 6.00. The van der Waals surface area contributed by atoms with Crippen LogP contribution in [-0.4, -0.2) is 47.2 Å². The van der Waals surface area contributed by atoms with Gasteiger partial charge < -0.3 is 14.8 Å². The first-order valence-electron chi connectivity index (χ1n) is 10.2. The smallest absolute Gasteiger partial charge is 0.333 e. The van der Waals surface area contributed by atoms with Crippen LogP contribution >= 0.6 is 0 Å². The SMILES string of the molecule is FC(F)(F)c1cccc(-c2cn(CCN3CCCC3)c(C3CCNCC3)n2)c1. The van der Waals surface area contributed by atoms with Crippen molar-refractivity contribution in [2.24, 2.45) is 0 Å². The fraction of sp³-hybridized carbons (Fsp3) is 0.571. The number of nitrogens with one attached hydrogen (secondary N) is 1. The van der Waals surface area contributed by atoms with E-state index in [-0.39, 0.29) is 0 Å². The normalized spacial score (nSPS) is 19.4. The Hall–Kier alpha value is -1.86. The molecule has 0 saturated carbocycles. The van der Waals surface area contributed by atoms with Crippen molar-refractivity contribution in [3.05, 3.63) is 41.9 Å². The number of hydrogen-bond acceptors (Lipinski definition) is 3. The second-order valence-electron chi connectivity index (χ2n) is 7.83. The standard InChI is InChI=1S/C21H27F3N4/c22-21(23,24)18-5-3-4-17(14-18)19-15-28(13-12-27-10-1-2-11-27)20(26-19)16-6-8-25-9-7-16/h3-5,14-16,25H,1-2,6-13H2. The number of piperidine rings is 1. The fourth-order valence-electron chi connectivity index (χ4n) is 4.26. The van der Waals surface area contributed by atoms with E-state index >= 15 is 0 Å². The Morgan fingerprint density at radius 1 is 1.07 bits per heavy atom. The predicted molar refractivity (Wildman–Crippen MR) is 103 cm³/mol. The highest BCUT2D eigenvalue weighted by atomic mass is 19.4. The van der Waals surface area contributed by atoms with Crippen molar-refractivity contribution in [2.45, 2.75) is 44.3 Å². The molecule has 2 saturated heterocycles. The number of rotatable bonds is 5. The van der Waals surface area contributed by atoms with Gasteiger partial charge >= 0.3 is 6.18 Å². The largest absolute Gasteiger partial charge is 0.416 e. The van der Waals surface area contributed by atoms with Gasteiger partial charge in [0.05, 0.1) is 11.3 Å². The van der Waals surface area contributed by atoms with Crippen molar-refractivity contribution in [2.75, 3.05) is 32.7 Å². The third-order valence-electron chi connectivity index (χ3n) is 5.85. The molecule has 0 amide bonds. The summed E-state index contributed by atoms with van der Waals surface area (Å²) in [5.74, 6) is 1.38. The molecular weight excluding hydrogens is 365 g/mol. The average Bonchev–Trinajstić information content (AvgIpc) is 3.36. The number of hydrogen-bond donors (Lipinski definition) is 1. The summed E-state index contributed by atoms with van der Waals surface area (Å²) >= 11 is 0. The predicted octanol–water partition coefficient (Wildman–Crippen LogP) is 4.13. The molecule has 0 unspecified atom stereocenters. The molecule has 0 spiro atoms. The molecule has 1 aromatic heterocycles. The quantitative estimate of drug-likeness (QED) is 0.831. The van der Waals surface area contributed by atoms with Gasteiger partial charge in [-0.05, 0) is 64.0 Å². The summed E-state index contributed by atoms with van der Waals surface area (Å²) in [4.78, 5) is 7.28. The molecule has 152 valence electrons. The van der Waals surface area contributed by atoms with Crippen molar-refractivity contribution >= 4 is 0 Å². The number of likely N-dealkylation sites (tertiary alicyclic amines) is 1. The first kappa shape index (κ1) is 19.5. The summed E-state index contributed by atoms with van der Waals surface area (Å²) < 4.78 is 41.5. The molecule has 3 heterocycles. The van der Waals surface area contributed by atoms with E-state index in [1.807, 2.05) is 6.20 Å². The Morgan fingerprint density at radius 3 is 2.54 bits per heavy atom. The van der Waals surface area contributed by atoms with Crippen LogP contribution in [0.15, 0.2) is 30.5 Å². The molecule has 4 nitrogen and oxygen atoms in total. The number of halogens is 3. The third kappa shape index (κ3) is 4.41. The van der Waals surface area contributed by atoms with Gasteiger partial charge in [0.25, 0.3) is 0 Å². The van der Waals surface area contributed by atoms with Gasteiger partial charge in [-0.1, -0.05) is 12.1 Å². The lowest BCUT2D eigenvalue weighted by Gasteiger charge is -2.24. The lowest BCUT2D eigenvalue weighted by molar-refractivity contribution is -0.137. The maximum Gasteiger partial charge on any atom is 0.416 e. The van der Waals surface area contributed by atoms with Crippen LogP contribution in [0.25, 0.3) is 11.3 Å². The van der Waals surface area contributed by atoms with Crippen LogP contribution in [-0.2, 0) is 12.7 Å². The molecule has 2 aromatic rings. The van der Waals surface area contributed by atoms with Crippen LogP contribution in [0.4, 0.5) is 13.2 Å². The van der Waals surface area contributed by atoms with E-state index in [0.29, 0.717) is 17.2 Å². The van der Waals surface area contributed by atoms with Crippen LogP contribution in [0.5, 0.6) is 0 Å². The molecule has 0 atom stereocenters. The average molecular weight is 392 g/mol. The Kier molecular flexibility index (Phi) is 5.73. The summed E-state index contributed by atoms with van der Waals surface area (Å²) in [7, 11) is 0. The second kappa shape index (κ2) is 8.25. The first-order valence-corrected chi connectivity index (χ1v) is 10.2. The minimum Gasteiger partial charge on any atom is -0.333 e. The maximum atomic E-state index is 13.1. The molecule has 0 aliphatic carbocycles. The van der Waals surface area contributed by atoms with E-state index in [0.717, 1.165) is 64.0 Å². The summed E-state index contributed by atoms with van der Waals surface area (Å²) in [5.41, 5.74) is 0.547.